The number of rotatable bonds is 4. The number of sulfonamides is 1. The third kappa shape index (κ3) is 3.31. The van der Waals surface area contributed by atoms with E-state index in [-0.39, 0.29) is 5.03 Å². The largest absolute Gasteiger partial charge is 0.359 e. The Bertz CT molecular complexity index is 781. The highest BCUT2D eigenvalue weighted by Gasteiger charge is 2.33. The molecular formula is C15H16N4O3S. The Morgan fingerprint density at radius 3 is 2.70 bits per heavy atom. The van der Waals surface area contributed by atoms with Crippen molar-refractivity contribution >= 4 is 21.6 Å². The van der Waals surface area contributed by atoms with Crippen molar-refractivity contribution in [3.8, 4) is 0 Å². The van der Waals surface area contributed by atoms with Crippen LogP contribution in [0, 0.1) is 0 Å². The lowest BCUT2D eigenvalue weighted by molar-refractivity contribution is -0.120. The molecule has 1 aliphatic heterocycles. The Balaban J connectivity index is 1.78. The van der Waals surface area contributed by atoms with E-state index in [0.717, 1.165) is 18.3 Å². The van der Waals surface area contributed by atoms with Gasteiger partial charge in [0.1, 0.15) is 6.04 Å². The van der Waals surface area contributed by atoms with Crippen LogP contribution in [0.1, 0.15) is 12.8 Å². The van der Waals surface area contributed by atoms with Crippen LogP contribution >= 0.6 is 0 Å². The van der Waals surface area contributed by atoms with E-state index in [0.29, 0.717) is 13.0 Å². The summed E-state index contributed by atoms with van der Waals surface area (Å²) in [7, 11) is -4.00. The molecule has 1 aliphatic rings. The minimum atomic E-state index is -4.00. The van der Waals surface area contributed by atoms with Crippen LogP contribution in [0.5, 0.6) is 0 Å². The third-order valence-electron chi connectivity index (χ3n) is 3.69. The average molecular weight is 332 g/mol. The highest BCUT2D eigenvalue weighted by Crippen LogP contribution is 2.25. The first-order chi connectivity index (χ1) is 11.1. The molecular weight excluding hydrogens is 316 g/mol. The van der Waals surface area contributed by atoms with Crippen LogP contribution in [-0.2, 0) is 14.8 Å². The Morgan fingerprint density at radius 1 is 1.22 bits per heavy atom. The van der Waals surface area contributed by atoms with Gasteiger partial charge in [0.05, 0.1) is 6.20 Å². The fraction of sp³-hybridized carbons (Fsp3) is 0.267. The maximum absolute atomic E-state index is 12.4. The quantitative estimate of drug-likeness (QED) is 0.896. The molecule has 0 unspecified atom stereocenters. The molecule has 0 bridgehead atoms. The number of nitrogens with zero attached hydrogens (tertiary/aromatic N) is 3. The Labute approximate surface area is 134 Å². The molecule has 1 saturated heterocycles. The molecule has 2 aromatic rings. The maximum atomic E-state index is 12.4. The first-order valence-corrected chi connectivity index (χ1v) is 8.70. The normalized spacial score (nSPS) is 17.9. The molecule has 120 valence electrons. The van der Waals surface area contributed by atoms with E-state index in [1.165, 1.54) is 12.4 Å². The van der Waals surface area contributed by atoms with E-state index >= 15 is 0 Å². The van der Waals surface area contributed by atoms with Crippen molar-refractivity contribution in [1.29, 1.82) is 0 Å². The van der Waals surface area contributed by atoms with E-state index in [2.05, 4.69) is 14.7 Å². The van der Waals surface area contributed by atoms with E-state index < -0.39 is 22.0 Å². The second kappa shape index (κ2) is 6.33. The number of hydrogen-bond acceptors (Lipinski definition) is 6. The minimum absolute atomic E-state index is 0.266. The van der Waals surface area contributed by atoms with Crippen LogP contribution < -0.4 is 9.62 Å². The van der Waals surface area contributed by atoms with Gasteiger partial charge in [0.2, 0.25) is 0 Å². The van der Waals surface area contributed by atoms with Gasteiger partial charge in [-0.25, -0.2) is 9.71 Å². The summed E-state index contributed by atoms with van der Waals surface area (Å²) >= 11 is 0. The molecule has 3 rings (SSSR count). The van der Waals surface area contributed by atoms with Gasteiger partial charge in [-0.2, -0.15) is 8.42 Å². The molecule has 1 N–H and O–H groups in total. The number of amides is 1. The van der Waals surface area contributed by atoms with Crippen LogP contribution in [-0.4, -0.2) is 36.9 Å². The van der Waals surface area contributed by atoms with Gasteiger partial charge in [-0.1, -0.05) is 18.2 Å². The molecule has 1 fully saturated rings. The summed E-state index contributed by atoms with van der Waals surface area (Å²) in [4.78, 5) is 21.8. The van der Waals surface area contributed by atoms with Crippen molar-refractivity contribution in [3.05, 3.63) is 48.9 Å². The van der Waals surface area contributed by atoms with Crippen molar-refractivity contribution in [3.63, 3.8) is 0 Å². The van der Waals surface area contributed by atoms with Gasteiger partial charge < -0.3 is 4.90 Å². The highest BCUT2D eigenvalue weighted by atomic mass is 32.2. The zero-order valence-corrected chi connectivity index (χ0v) is 13.1. The van der Waals surface area contributed by atoms with Crippen LogP contribution in [0.15, 0.2) is 53.9 Å². The monoisotopic (exact) mass is 332 g/mol. The van der Waals surface area contributed by atoms with Crippen molar-refractivity contribution < 1.29 is 13.2 Å². The SMILES string of the molecule is O=C(NS(=O)(=O)c1cnccn1)[C@H]1CCCN1c1ccccc1. The summed E-state index contributed by atoms with van der Waals surface area (Å²) < 4.78 is 26.5. The van der Waals surface area contributed by atoms with E-state index in [9.17, 15) is 13.2 Å². The van der Waals surface area contributed by atoms with Gasteiger partial charge >= 0.3 is 0 Å². The molecule has 0 spiro atoms. The number of carbonyl (C=O) groups is 1. The van der Waals surface area contributed by atoms with E-state index in [4.69, 9.17) is 0 Å². The number of hydrogen-bond donors (Lipinski definition) is 1. The lowest BCUT2D eigenvalue weighted by atomic mass is 10.2. The number of anilines is 1. The van der Waals surface area contributed by atoms with Crippen molar-refractivity contribution in [2.24, 2.45) is 0 Å². The molecule has 1 amide bonds. The third-order valence-corrected chi connectivity index (χ3v) is 4.92. The molecule has 2 heterocycles. The number of benzene rings is 1. The predicted molar refractivity (Wildman–Crippen MR) is 84.2 cm³/mol. The van der Waals surface area contributed by atoms with Gasteiger partial charge in [-0.05, 0) is 25.0 Å². The molecule has 8 heteroatoms. The summed E-state index contributed by atoms with van der Waals surface area (Å²) in [5.74, 6) is -0.544. The molecule has 23 heavy (non-hydrogen) atoms. The summed E-state index contributed by atoms with van der Waals surface area (Å²) in [6.07, 6.45) is 5.19. The first-order valence-electron chi connectivity index (χ1n) is 7.22. The molecule has 1 aromatic carbocycles. The number of carbonyl (C=O) groups excluding carboxylic acids is 1. The van der Waals surface area contributed by atoms with E-state index in [1.54, 1.807) is 0 Å². The number of para-hydroxylation sites is 1. The summed E-state index contributed by atoms with van der Waals surface area (Å²) in [5, 5.41) is -0.266. The van der Waals surface area contributed by atoms with Gasteiger partial charge in [0, 0.05) is 24.6 Å². The van der Waals surface area contributed by atoms with Crippen LogP contribution in [0.25, 0.3) is 0 Å². The predicted octanol–water partition coefficient (Wildman–Crippen LogP) is 0.950. The molecule has 1 aromatic heterocycles. The minimum Gasteiger partial charge on any atom is -0.359 e. The summed E-state index contributed by atoms with van der Waals surface area (Å²) in [5.41, 5.74) is 0.905. The summed E-state index contributed by atoms with van der Waals surface area (Å²) in [6.45, 7) is 0.716. The Morgan fingerprint density at radius 2 is 2.00 bits per heavy atom. The maximum Gasteiger partial charge on any atom is 0.283 e. The Hall–Kier alpha value is -2.48. The van der Waals surface area contributed by atoms with E-state index in [1.807, 2.05) is 35.2 Å². The fourth-order valence-corrected chi connectivity index (χ4v) is 3.55. The zero-order valence-electron chi connectivity index (χ0n) is 12.3. The molecule has 0 radical (unpaired) electrons. The van der Waals surface area contributed by atoms with Gasteiger partial charge in [-0.15, -0.1) is 0 Å². The smallest absolute Gasteiger partial charge is 0.283 e. The van der Waals surface area contributed by atoms with Crippen LogP contribution in [0.2, 0.25) is 0 Å². The lowest BCUT2D eigenvalue weighted by Crippen LogP contribution is -2.45. The topological polar surface area (TPSA) is 92.3 Å². The van der Waals surface area contributed by atoms with Crippen molar-refractivity contribution in [2.45, 2.75) is 23.9 Å². The van der Waals surface area contributed by atoms with Gasteiger partial charge in [0.25, 0.3) is 15.9 Å². The van der Waals surface area contributed by atoms with Crippen molar-refractivity contribution in [2.75, 3.05) is 11.4 Å². The molecule has 0 saturated carbocycles. The Kier molecular flexibility index (Phi) is 4.24. The second-order valence-corrected chi connectivity index (χ2v) is 6.83. The van der Waals surface area contributed by atoms with Gasteiger partial charge in [0.15, 0.2) is 5.03 Å². The second-order valence-electron chi connectivity index (χ2n) is 5.20. The highest BCUT2D eigenvalue weighted by molar-refractivity contribution is 7.90. The first kappa shape index (κ1) is 15.4. The van der Waals surface area contributed by atoms with Crippen LogP contribution in [0.4, 0.5) is 5.69 Å². The average Bonchev–Trinajstić information content (AvgIpc) is 3.06. The molecule has 0 aliphatic carbocycles. The fourth-order valence-electron chi connectivity index (χ4n) is 2.64. The summed E-state index contributed by atoms with van der Waals surface area (Å²) in [6, 6.07) is 8.97. The number of nitrogens with one attached hydrogen (secondary N) is 1. The molecule has 1 atom stereocenters. The molecule has 7 nitrogen and oxygen atoms in total. The van der Waals surface area contributed by atoms with Crippen molar-refractivity contribution in [1.82, 2.24) is 14.7 Å². The number of aromatic nitrogens is 2. The standard InChI is InChI=1S/C15H16N4O3S/c20-15(18-23(21,22)14-11-16-8-9-17-14)13-7-4-10-19(13)12-5-2-1-3-6-12/h1-3,5-6,8-9,11,13H,4,7,10H2,(H,18,20)/t13-/m1/s1. The van der Waals surface area contributed by atoms with Gasteiger partial charge in [-0.3, -0.25) is 9.78 Å². The zero-order chi connectivity index (χ0) is 16.3. The lowest BCUT2D eigenvalue weighted by Gasteiger charge is -2.25. The van der Waals surface area contributed by atoms with Crippen LogP contribution in [0.3, 0.4) is 0 Å².